The number of tetrazole rings is 1. The summed E-state index contributed by atoms with van der Waals surface area (Å²) >= 11 is 3.45. The lowest BCUT2D eigenvalue weighted by Gasteiger charge is -2.27. The van der Waals surface area contributed by atoms with E-state index in [0.717, 1.165) is 17.7 Å². The molecule has 0 aliphatic heterocycles. The van der Waals surface area contributed by atoms with Gasteiger partial charge in [0.1, 0.15) is 0 Å². The normalized spacial score (nSPS) is 11.2. The summed E-state index contributed by atoms with van der Waals surface area (Å²) in [4.78, 5) is 6.35. The average Bonchev–Trinajstić information content (AvgIpc) is 2.73. The summed E-state index contributed by atoms with van der Waals surface area (Å²) in [5.74, 6) is 0.914. The van der Waals surface area contributed by atoms with Gasteiger partial charge < -0.3 is 4.90 Å². The molecular formula is C9H13BrN6. The Bertz CT molecular complexity index is 468. The van der Waals surface area contributed by atoms with Crippen LogP contribution < -0.4 is 4.90 Å². The van der Waals surface area contributed by atoms with Crippen molar-refractivity contribution in [3.8, 4) is 0 Å². The van der Waals surface area contributed by atoms with E-state index in [2.05, 4.69) is 55.2 Å². The van der Waals surface area contributed by atoms with Crippen molar-refractivity contribution in [2.75, 3.05) is 16.8 Å². The Morgan fingerprint density at radius 2 is 2.25 bits per heavy atom. The van der Waals surface area contributed by atoms with Crippen LogP contribution in [0.3, 0.4) is 0 Å². The summed E-state index contributed by atoms with van der Waals surface area (Å²) in [5.41, 5.74) is 0.665. The second kappa shape index (κ2) is 4.73. The molecule has 0 saturated carbocycles. The number of rotatable bonds is 4. The molecule has 2 heterocycles. The quantitative estimate of drug-likeness (QED) is 0.788. The number of nitrogens with zero attached hydrogens (tertiary/aromatic N) is 6. The van der Waals surface area contributed by atoms with Crippen molar-refractivity contribution in [1.29, 1.82) is 0 Å². The SMILES string of the molecule is CC(C)N(CCBr)c1cncc2nnnn12. The van der Waals surface area contributed by atoms with Gasteiger partial charge in [-0.15, -0.1) is 5.10 Å². The van der Waals surface area contributed by atoms with Crippen molar-refractivity contribution in [3.63, 3.8) is 0 Å². The third kappa shape index (κ3) is 1.99. The highest BCUT2D eigenvalue weighted by molar-refractivity contribution is 9.09. The molecule has 0 fully saturated rings. The summed E-state index contributed by atoms with van der Waals surface area (Å²) in [6.45, 7) is 5.15. The first-order chi connectivity index (χ1) is 7.74. The summed E-state index contributed by atoms with van der Waals surface area (Å²) in [7, 11) is 0. The number of alkyl halides is 1. The Labute approximate surface area is 102 Å². The van der Waals surface area contributed by atoms with E-state index in [9.17, 15) is 0 Å². The van der Waals surface area contributed by atoms with Gasteiger partial charge >= 0.3 is 0 Å². The van der Waals surface area contributed by atoms with Gasteiger partial charge in [-0.3, -0.25) is 4.98 Å². The Morgan fingerprint density at radius 1 is 1.44 bits per heavy atom. The molecule has 7 heteroatoms. The second-order valence-electron chi connectivity index (χ2n) is 3.69. The summed E-state index contributed by atoms with van der Waals surface area (Å²) < 4.78 is 1.70. The molecule has 0 aliphatic carbocycles. The highest BCUT2D eigenvalue weighted by atomic mass is 79.9. The van der Waals surface area contributed by atoms with Crippen LogP contribution >= 0.6 is 15.9 Å². The number of hydrogen-bond acceptors (Lipinski definition) is 5. The molecule has 2 rings (SSSR count). The Kier molecular flexibility index (Phi) is 3.33. The lowest BCUT2D eigenvalue weighted by atomic mass is 10.3. The monoisotopic (exact) mass is 284 g/mol. The van der Waals surface area contributed by atoms with Crippen molar-refractivity contribution < 1.29 is 0 Å². The smallest absolute Gasteiger partial charge is 0.199 e. The van der Waals surface area contributed by atoms with Gasteiger partial charge in [0, 0.05) is 17.9 Å². The molecule has 0 aromatic carbocycles. The Morgan fingerprint density at radius 3 is 2.94 bits per heavy atom. The number of anilines is 1. The van der Waals surface area contributed by atoms with E-state index in [4.69, 9.17) is 0 Å². The summed E-state index contributed by atoms with van der Waals surface area (Å²) in [5, 5.41) is 12.4. The molecule has 0 bridgehead atoms. The molecule has 2 aromatic heterocycles. The maximum Gasteiger partial charge on any atom is 0.199 e. The van der Waals surface area contributed by atoms with E-state index in [1.165, 1.54) is 0 Å². The van der Waals surface area contributed by atoms with Gasteiger partial charge in [-0.05, 0) is 24.3 Å². The van der Waals surface area contributed by atoms with Gasteiger partial charge in [0.05, 0.1) is 12.4 Å². The number of aromatic nitrogens is 5. The van der Waals surface area contributed by atoms with Gasteiger partial charge in [0.15, 0.2) is 11.5 Å². The fourth-order valence-electron chi connectivity index (χ4n) is 1.59. The van der Waals surface area contributed by atoms with Gasteiger partial charge in [0.2, 0.25) is 0 Å². The number of fused-ring (bicyclic) bond motifs is 1. The van der Waals surface area contributed by atoms with Crippen LogP contribution in [0.4, 0.5) is 5.82 Å². The van der Waals surface area contributed by atoms with Crippen molar-refractivity contribution in [2.24, 2.45) is 0 Å². The first-order valence-corrected chi connectivity index (χ1v) is 6.21. The molecule has 2 aromatic rings. The molecule has 0 N–H and O–H groups in total. The highest BCUT2D eigenvalue weighted by Gasteiger charge is 2.14. The van der Waals surface area contributed by atoms with Gasteiger partial charge in [-0.1, -0.05) is 15.9 Å². The van der Waals surface area contributed by atoms with E-state index in [-0.39, 0.29) is 0 Å². The number of hydrogen-bond donors (Lipinski definition) is 0. The van der Waals surface area contributed by atoms with E-state index >= 15 is 0 Å². The Balaban J connectivity index is 2.47. The van der Waals surface area contributed by atoms with Crippen LogP contribution in [0.15, 0.2) is 12.4 Å². The summed E-state index contributed by atoms with van der Waals surface area (Å²) in [6, 6.07) is 0.370. The van der Waals surface area contributed by atoms with E-state index in [0.29, 0.717) is 11.7 Å². The molecule has 0 spiro atoms. The van der Waals surface area contributed by atoms with Crippen LogP contribution in [0.25, 0.3) is 5.65 Å². The maximum atomic E-state index is 4.15. The highest BCUT2D eigenvalue weighted by Crippen LogP contribution is 2.15. The van der Waals surface area contributed by atoms with Crippen molar-refractivity contribution in [2.45, 2.75) is 19.9 Å². The first-order valence-electron chi connectivity index (χ1n) is 5.08. The van der Waals surface area contributed by atoms with Crippen LogP contribution in [0.2, 0.25) is 0 Å². The first kappa shape index (κ1) is 11.3. The molecule has 6 nitrogen and oxygen atoms in total. The largest absolute Gasteiger partial charge is 0.352 e. The van der Waals surface area contributed by atoms with E-state index in [1.807, 2.05) is 0 Å². The molecule has 0 atom stereocenters. The minimum Gasteiger partial charge on any atom is -0.352 e. The van der Waals surface area contributed by atoms with Gasteiger partial charge in [-0.2, -0.15) is 4.52 Å². The van der Waals surface area contributed by atoms with Gasteiger partial charge in [0.25, 0.3) is 0 Å². The zero-order valence-corrected chi connectivity index (χ0v) is 10.8. The van der Waals surface area contributed by atoms with Crippen molar-refractivity contribution >= 4 is 27.4 Å². The lowest BCUT2D eigenvalue weighted by Crippen LogP contribution is -2.34. The Hall–Kier alpha value is -1.24. The van der Waals surface area contributed by atoms with Crippen LogP contribution in [0.1, 0.15) is 13.8 Å². The average molecular weight is 285 g/mol. The topological polar surface area (TPSA) is 59.2 Å². The predicted molar refractivity (Wildman–Crippen MR) is 64.9 cm³/mol. The molecule has 16 heavy (non-hydrogen) atoms. The van der Waals surface area contributed by atoms with Crippen LogP contribution in [-0.4, -0.2) is 42.9 Å². The molecule has 0 radical (unpaired) electrons. The molecule has 0 saturated heterocycles. The zero-order valence-electron chi connectivity index (χ0n) is 9.21. The van der Waals surface area contributed by atoms with E-state index in [1.54, 1.807) is 16.9 Å². The molecule has 86 valence electrons. The second-order valence-corrected chi connectivity index (χ2v) is 4.48. The lowest BCUT2D eigenvalue weighted by molar-refractivity contribution is 0.673. The third-order valence-corrected chi connectivity index (χ3v) is 2.69. The zero-order chi connectivity index (χ0) is 11.5. The molecular weight excluding hydrogens is 272 g/mol. The van der Waals surface area contributed by atoms with Gasteiger partial charge in [-0.25, -0.2) is 0 Å². The van der Waals surface area contributed by atoms with Crippen LogP contribution in [0.5, 0.6) is 0 Å². The molecule has 0 unspecified atom stereocenters. The van der Waals surface area contributed by atoms with E-state index < -0.39 is 0 Å². The fourth-order valence-corrected chi connectivity index (χ4v) is 1.97. The number of halogens is 1. The van der Waals surface area contributed by atoms with Crippen LogP contribution in [-0.2, 0) is 0 Å². The maximum absolute atomic E-state index is 4.15. The van der Waals surface area contributed by atoms with Crippen molar-refractivity contribution in [3.05, 3.63) is 12.4 Å². The van der Waals surface area contributed by atoms with Crippen molar-refractivity contribution in [1.82, 2.24) is 25.0 Å². The summed E-state index contributed by atoms with van der Waals surface area (Å²) in [6.07, 6.45) is 3.43. The third-order valence-electron chi connectivity index (χ3n) is 2.33. The molecule has 0 aliphatic rings. The minimum atomic E-state index is 0.370. The minimum absolute atomic E-state index is 0.370. The molecule has 0 amide bonds. The predicted octanol–water partition coefficient (Wildman–Crippen LogP) is 1.13. The fraction of sp³-hybridized carbons (Fsp3) is 0.556. The van der Waals surface area contributed by atoms with Crippen LogP contribution in [0, 0.1) is 0 Å². The standard InChI is InChI=1S/C9H13BrN6/c1-7(2)15(4-3-10)9-6-11-5-8-12-13-14-16(8)9/h5-7H,3-4H2,1-2H3.